The molecular formula is C8H5ClF2O3. The van der Waals surface area contributed by atoms with Crippen molar-refractivity contribution < 1.29 is 23.8 Å². The molecule has 2 N–H and O–H groups in total. The number of carboxylic acid groups (broad SMARTS) is 1. The first kappa shape index (κ1) is 10.9. The molecule has 0 aromatic heterocycles. The van der Waals surface area contributed by atoms with Gasteiger partial charge in [0.25, 0.3) is 0 Å². The van der Waals surface area contributed by atoms with Crippen LogP contribution < -0.4 is 0 Å². The van der Waals surface area contributed by atoms with Crippen LogP contribution in [0.3, 0.4) is 0 Å². The lowest BCUT2D eigenvalue weighted by molar-refractivity contribution is -0.146. The highest BCUT2D eigenvalue weighted by Gasteiger charge is 2.19. The summed E-state index contributed by atoms with van der Waals surface area (Å²) in [5.41, 5.74) is -0.304. The number of hydrogen-bond donors (Lipinski definition) is 2. The molecule has 76 valence electrons. The van der Waals surface area contributed by atoms with E-state index in [-0.39, 0.29) is 5.56 Å². The first-order valence-electron chi connectivity index (χ1n) is 3.48. The fourth-order valence-electron chi connectivity index (χ4n) is 0.876. The molecule has 0 saturated heterocycles. The number of aliphatic carboxylic acids is 1. The van der Waals surface area contributed by atoms with E-state index < -0.39 is 28.7 Å². The minimum atomic E-state index is -1.91. The number of aliphatic hydroxyl groups excluding tert-OH is 1. The summed E-state index contributed by atoms with van der Waals surface area (Å²) in [4.78, 5) is 10.3. The monoisotopic (exact) mass is 222 g/mol. The van der Waals surface area contributed by atoms with Crippen molar-refractivity contribution in [1.82, 2.24) is 0 Å². The number of carboxylic acids is 1. The lowest BCUT2D eigenvalue weighted by atomic mass is 10.1. The molecule has 0 heterocycles. The predicted molar refractivity (Wildman–Crippen MR) is 44.0 cm³/mol. The van der Waals surface area contributed by atoms with E-state index in [0.29, 0.717) is 6.07 Å². The van der Waals surface area contributed by atoms with Gasteiger partial charge in [-0.1, -0.05) is 11.6 Å². The Morgan fingerprint density at radius 2 is 2.00 bits per heavy atom. The zero-order chi connectivity index (χ0) is 10.9. The van der Waals surface area contributed by atoms with Gasteiger partial charge in [-0.15, -0.1) is 0 Å². The Balaban J connectivity index is 3.19. The van der Waals surface area contributed by atoms with Crippen molar-refractivity contribution in [1.29, 1.82) is 0 Å². The fourth-order valence-corrected chi connectivity index (χ4v) is 1.09. The second kappa shape index (κ2) is 3.89. The van der Waals surface area contributed by atoms with Gasteiger partial charge < -0.3 is 10.2 Å². The number of rotatable bonds is 2. The molecule has 0 spiro atoms. The van der Waals surface area contributed by atoms with Gasteiger partial charge in [-0.2, -0.15) is 0 Å². The fraction of sp³-hybridized carbons (Fsp3) is 0.125. The van der Waals surface area contributed by atoms with Crippen molar-refractivity contribution in [2.24, 2.45) is 0 Å². The quantitative estimate of drug-likeness (QED) is 0.750. The van der Waals surface area contributed by atoms with Gasteiger partial charge in [0.05, 0.1) is 5.02 Å². The summed E-state index contributed by atoms with van der Waals surface area (Å²) in [6.45, 7) is 0. The molecule has 1 rings (SSSR count). The molecule has 0 bridgehead atoms. The van der Waals surface area contributed by atoms with Gasteiger partial charge in [0.15, 0.2) is 17.7 Å². The van der Waals surface area contributed by atoms with E-state index in [0.717, 1.165) is 6.07 Å². The average molecular weight is 223 g/mol. The molecule has 0 aliphatic heterocycles. The summed E-state index contributed by atoms with van der Waals surface area (Å²) in [5.74, 6) is -4.13. The number of benzene rings is 1. The highest BCUT2D eigenvalue weighted by atomic mass is 35.5. The molecule has 3 nitrogen and oxygen atoms in total. The first-order chi connectivity index (χ1) is 6.43. The van der Waals surface area contributed by atoms with E-state index in [1.165, 1.54) is 0 Å². The standard InChI is InChI=1S/C8H5ClF2O3/c9-4-1-3(7(12)8(13)14)2-5(10)6(4)11/h1-2,7,12H,(H,13,14). The van der Waals surface area contributed by atoms with Crippen LogP contribution in [0.5, 0.6) is 0 Å². The summed E-state index contributed by atoms with van der Waals surface area (Å²) < 4.78 is 25.3. The Morgan fingerprint density at radius 3 is 2.43 bits per heavy atom. The second-order valence-electron chi connectivity index (χ2n) is 2.54. The van der Waals surface area contributed by atoms with Crippen molar-refractivity contribution in [2.45, 2.75) is 6.10 Å². The molecular weight excluding hydrogens is 218 g/mol. The third-order valence-corrected chi connectivity index (χ3v) is 1.83. The Labute approximate surface area is 82.5 Å². The second-order valence-corrected chi connectivity index (χ2v) is 2.95. The Bertz CT molecular complexity index is 358. The highest BCUT2D eigenvalue weighted by molar-refractivity contribution is 6.30. The van der Waals surface area contributed by atoms with Crippen molar-refractivity contribution in [3.8, 4) is 0 Å². The zero-order valence-corrected chi connectivity index (χ0v) is 7.42. The summed E-state index contributed by atoms with van der Waals surface area (Å²) in [5, 5.41) is 16.8. The van der Waals surface area contributed by atoms with Crippen LogP contribution in [0.4, 0.5) is 8.78 Å². The number of hydrogen-bond acceptors (Lipinski definition) is 2. The minimum absolute atomic E-state index is 0.304. The lowest BCUT2D eigenvalue weighted by Gasteiger charge is -2.06. The number of halogens is 3. The van der Waals surface area contributed by atoms with Crippen molar-refractivity contribution in [2.75, 3.05) is 0 Å². The molecule has 0 saturated carbocycles. The highest BCUT2D eigenvalue weighted by Crippen LogP contribution is 2.23. The van der Waals surface area contributed by atoms with Gasteiger partial charge >= 0.3 is 5.97 Å². The van der Waals surface area contributed by atoms with Crippen molar-refractivity contribution in [3.05, 3.63) is 34.4 Å². The van der Waals surface area contributed by atoms with E-state index in [9.17, 15) is 13.6 Å². The molecule has 1 aromatic carbocycles. The molecule has 0 aliphatic rings. The summed E-state index contributed by atoms with van der Waals surface area (Å²) >= 11 is 5.25. The largest absolute Gasteiger partial charge is 0.479 e. The van der Waals surface area contributed by atoms with Crippen LogP contribution >= 0.6 is 11.6 Å². The lowest BCUT2D eigenvalue weighted by Crippen LogP contribution is -2.11. The van der Waals surface area contributed by atoms with Crippen LogP contribution in [-0.4, -0.2) is 16.2 Å². The Kier molecular flexibility index (Phi) is 3.03. The van der Waals surface area contributed by atoms with Crippen LogP contribution in [0.2, 0.25) is 5.02 Å². The minimum Gasteiger partial charge on any atom is -0.479 e. The maximum absolute atomic E-state index is 12.7. The maximum Gasteiger partial charge on any atom is 0.337 e. The van der Waals surface area contributed by atoms with Crippen LogP contribution in [0.1, 0.15) is 11.7 Å². The maximum atomic E-state index is 12.7. The molecule has 1 unspecified atom stereocenters. The molecule has 0 amide bonds. The van der Waals surface area contributed by atoms with Crippen LogP contribution in [-0.2, 0) is 4.79 Å². The van der Waals surface area contributed by atoms with Gasteiger partial charge in [0.1, 0.15) is 0 Å². The molecule has 0 fully saturated rings. The summed E-state index contributed by atoms with van der Waals surface area (Å²) in [7, 11) is 0. The van der Waals surface area contributed by atoms with Crippen LogP contribution in [0.25, 0.3) is 0 Å². The Hall–Kier alpha value is -1.20. The molecule has 0 radical (unpaired) electrons. The van der Waals surface area contributed by atoms with E-state index in [1.807, 2.05) is 0 Å². The molecule has 0 aliphatic carbocycles. The van der Waals surface area contributed by atoms with Crippen LogP contribution in [0, 0.1) is 11.6 Å². The Morgan fingerprint density at radius 1 is 1.43 bits per heavy atom. The number of carbonyl (C=O) groups is 1. The average Bonchev–Trinajstić information content (AvgIpc) is 2.12. The molecule has 14 heavy (non-hydrogen) atoms. The van der Waals surface area contributed by atoms with Gasteiger partial charge in [0.2, 0.25) is 0 Å². The van der Waals surface area contributed by atoms with Crippen molar-refractivity contribution in [3.63, 3.8) is 0 Å². The van der Waals surface area contributed by atoms with E-state index in [1.54, 1.807) is 0 Å². The van der Waals surface area contributed by atoms with Gasteiger partial charge in [-0.3, -0.25) is 0 Å². The smallest absolute Gasteiger partial charge is 0.337 e. The van der Waals surface area contributed by atoms with Gasteiger partial charge in [-0.25, -0.2) is 13.6 Å². The van der Waals surface area contributed by atoms with E-state index in [2.05, 4.69) is 0 Å². The molecule has 1 aromatic rings. The van der Waals surface area contributed by atoms with Gasteiger partial charge in [-0.05, 0) is 17.7 Å². The predicted octanol–water partition coefficient (Wildman–Crippen LogP) is 1.74. The zero-order valence-electron chi connectivity index (χ0n) is 6.67. The summed E-state index contributed by atoms with van der Waals surface area (Å²) in [6, 6.07) is 1.44. The van der Waals surface area contributed by atoms with E-state index >= 15 is 0 Å². The van der Waals surface area contributed by atoms with E-state index in [4.69, 9.17) is 21.8 Å². The first-order valence-corrected chi connectivity index (χ1v) is 3.86. The normalized spacial score (nSPS) is 12.6. The SMILES string of the molecule is O=C(O)C(O)c1cc(F)c(F)c(Cl)c1. The third-order valence-electron chi connectivity index (χ3n) is 1.56. The van der Waals surface area contributed by atoms with Crippen LogP contribution in [0.15, 0.2) is 12.1 Å². The number of aliphatic hydroxyl groups is 1. The molecule has 1 atom stereocenters. The van der Waals surface area contributed by atoms with Crippen molar-refractivity contribution >= 4 is 17.6 Å². The molecule has 6 heteroatoms. The van der Waals surface area contributed by atoms with Gasteiger partial charge in [0, 0.05) is 0 Å². The third kappa shape index (κ3) is 2.00. The summed E-state index contributed by atoms with van der Waals surface area (Å²) in [6.07, 6.45) is -1.91. The topological polar surface area (TPSA) is 57.5 Å².